The predicted molar refractivity (Wildman–Crippen MR) is 61.7 cm³/mol. The number of furan rings is 1. The van der Waals surface area contributed by atoms with E-state index in [1.807, 2.05) is 37.4 Å². The Bertz CT molecular complexity index is 406. The van der Waals surface area contributed by atoms with Crippen LogP contribution >= 0.6 is 0 Å². The zero-order valence-corrected chi connectivity index (χ0v) is 8.68. The molecular weight excluding hydrogens is 188 g/mol. The molecule has 15 heavy (non-hydrogen) atoms. The molecular formula is C12H14N2O. The average Bonchev–Trinajstić information content (AvgIpc) is 2.71. The fourth-order valence-electron chi connectivity index (χ4n) is 1.48. The van der Waals surface area contributed by atoms with E-state index < -0.39 is 0 Å². The molecule has 0 aliphatic heterocycles. The van der Waals surface area contributed by atoms with Gasteiger partial charge in [0, 0.05) is 30.5 Å². The quantitative estimate of drug-likeness (QED) is 0.777. The minimum Gasteiger partial charge on any atom is -0.472 e. The van der Waals surface area contributed by atoms with Crippen molar-refractivity contribution in [3.63, 3.8) is 0 Å². The third kappa shape index (κ3) is 2.31. The molecule has 2 aromatic rings. The van der Waals surface area contributed by atoms with Crippen LogP contribution in [0.3, 0.4) is 0 Å². The second kappa shape index (κ2) is 4.09. The van der Waals surface area contributed by atoms with E-state index in [9.17, 15) is 0 Å². The van der Waals surface area contributed by atoms with Gasteiger partial charge in [0.05, 0.1) is 12.5 Å². The molecule has 0 atom stereocenters. The maximum Gasteiger partial charge on any atom is 0.0952 e. The molecule has 0 spiro atoms. The highest BCUT2D eigenvalue weighted by atomic mass is 16.3. The first-order valence-corrected chi connectivity index (χ1v) is 4.83. The molecule has 0 aliphatic rings. The smallest absolute Gasteiger partial charge is 0.0952 e. The van der Waals surface area contributed by atoms with Gasteiger partial charge in [-0.1, -0.05) is 0 Å². The summed E-state index contributed by atoms with van der Waals surface area (Å²) in [4.78, 5) is 2.14. The van der Waals surface area contributed by atoms with Crippen LogP contribution in [0.5, 0.6) is 0 Å². The van der Waals surface area contributed by atoms with Crippen molar-refractivity contribution in [1.82, 2.24) is 0 Å². The average molecular weight is 202 g/mol. The topological polar surface area (TPSA) is 42.4 Å². The minimum atomic E-state index is 0.787. The Morgan fingerprint density at radius 1 is 1.20 bits per heavy atom. The van der Waals surface area contributed by atoms with Gasteiger partial charge in [0.15, 0.2) is 0 Å². The molecule has 78 valence electrons. The molecule has 0 radical (unpaired) electrons. The lowest BCUT2D eigenvalue weighted by Gasteiger charge is -2.18. The highest BCUT2D eigenvalue weighted by Gasteiger charge is 2.02. The van der Waals surface area contributed by atoms with Crippen molar-refractivity contribution in [3.8, 4) is 0 Å². The first kappa shape index (κ1) is 9.65. The highest BCUT2D eigenvalue weighted by molar-refractivity contribution is 5.52. The summed E-state index contributed by atoms with van der Waals surface area (Å²) in [5, 5.41) is 0. The zero-order valence-electron chi connectivity index (χ0n) is 8.68. The van der Waals surface area contributed by atoms with Gasteiger partial charge in [0.2, 0.25) is 0 Å². The van der Waals surface area contributed by atoms with Crippen molar-refractivity contribution in [1.29, 1.82) is 0 Å². The van der Waals surface area contributed by atoms with E-state index >= 15 is 0 Å². The number of nitrogens with two attached hydrogens (primary N) is 1. The van der Waals surface area contributed by atoms with E-state index in [1.165, 1.54) is 0 Å². The SMILES string of the molecule is CN(Cc1ccoc1)c1ccc(N)cc1. The number of hydrogen-bond acceptors (Lipinski definition) is 3. The molecule has 0 aliphatic carbocycles. The molecule has 0 saturated carbocycles. The standard InChI is InChI=1S/C12H14N2O/c1-14(8-10-6-7-15-9-10)12-4-2-11(13)3-5-12/h2-7,9H,8,13H2,1H3. The van der Waals surface area contributed by atoms with Crippen LogP contribution in [-0.2, 0) is 6.54 Å². The number of anilines is 2. The first-order chi connectivity index (χ1) is 7.25. The van der Waals surface area contributed by atoms with Crippen LogP contribution in [0.4, 0.5) is 11.4 Å². The molecule has 1 aromatic heterocycles. The van der Waals surface area contributed by atoms with Gasteiger partial charge < -0.3 is 15.1 Å². The molecule has 0 saturated heterocycles. The number of rotatable bonds is 3. The van der Waals surface area contributed by atoms with Gasteiger partial charge >= 0.3 is 0 Å². The lowest BCUT2D eigenvalue weighted by atomic mass is 10.2. The number of nitrogens with zero attached hydrogens (tertiary/aromatic N) is 1. The van der Waals surface area contributed by atoms with Crippen LogP contribution in [0, 0.1) is 0 Å². The Balaban J connectivity index is 2.08. The van der Waals surface area contributed by atoms with Crippen LogP contribution in [0.1, 0.15) is 5.56 Å². The van der Waals surface area contributed by atoms with Crippen LogP contribution < -0.4 is 10.6 Å². The Labute approximate surface area is 89.1 Å². The maximum atomic E-state index is 5.63. The summed E-state index contributed by atoms with van der Waals surface area (Å²) in [6.45, 7) is 0.834. The van der Waals surface area contributed by atoms with Crippen molar-refractivity contribution in [2.75, 3.05) is 17.7 Å². The monoisotopic (exact) mass is 202 g/mol. The summed E-state index contributed by atoms with van der Waals surface area (Å²) < 4.78 is 5.02. The third-order valence-electron chi connectivity index (χ3n) is 2.33. The Morgan fingerprint density at radius 3 is 2.53 bits per heavy atom. The number of benzene rings is 1. The summed E-state index contributed by atoms with van der Waals surface area (Å²) in [5.74, 6) is 0. The van der Waals surface area contributed by atoms with Gasteiger partial charge in [0.1, 0.15) is 0 Å². The van der Waals surface area contributed by atoms with Crippen molar-refractivity contribution in [2.24, 2.45) is 0 Å². The van der Waals surface area contributed by atoms with E-state index in [1.54, 1.807) is 12.5 Å². The molecule has 2 rings (SSSR count). The molecule has 0 amide bonds. The summed E-state index contributed by atoms with van der Waals surface area (Å²) in [7, 11) is 2.04. The number of hydrogen-bond donors (Lipinski definition) is 1. The fraction of sp³-hybridized carbons (Fsp3) is 0.167. The van der Waals surface area contributed by atoms with Crippen molar-refractivity contribution < 1.29 is 4.42 Å². The van der Waals surface area contributed by atoms with Crippen LogP contribution in [0.2, 0.25) is 0 Å². The number of nitrogen functional groups attached to an aromatic ring is 1. The van der Waals surface area contributed by atoms with Crippen molar-refractivity contribution in [2.45, 2.75) is 6.54 Å². The van der Waals surface area contributed by atoms with Gasteiger partial charge in [-0.05, 0) is 30.3 Å². The highest BCUT2D eigenvalue weighted by Crippen LogP contribution is 2.17. The van der Waals surface area contributed by atoms with Gasteiger partial charge in [-0.3, -0.25) is 0 Å². The summed E-state index contributed by atoms with van der Waals surface area (Å²) >= 11 is 0. The molecule has 1 heterocycles. The van der Waals surface area contributed by atoms with E-state index in [4.69, 9.17) is 10.2 Å². The van der Waals surface area contributed by atoms with Gasteiger partial charge in [-0.25, -0.2) is 0 Å². The predicted octanol–water partition coefficient (Wildman–Crippen LogP) is 2.50. The Hall–Kier alpha value is -1.90. The van der Waals surface area contributed by atoms with Crippen LogP contribution in [0.15, 0.2) is 47.3 Å². The van der Waals surface area contributed by atoms with Gasteiger partial charge in [0.25, 0.3) is 0 Å². The lowest BCUT2D eigenvalue weighted by molar-refractivity contribution is 0.563. The zero-order chi connectivity index (χ0) is 10.7. The van der Waals surface area contributed by atoms with E-state index in [0.29, 0.717) is 0 Å². The second-order valence-corrected chi connectivity index (χ2v) is 3.58. The maximum absolute atomic E-state index is 5.63. The Morgan fingerprint density at radius 2 is 1.93 bits per heavy atom. The molecule has 2 N–H and O–H groups in total. The minimum absolute atomic E-state index is 0.787. The van der Waals surface area contributed by atoms with Crippen LogP contribution in [-0.4, -0.2) is 7.05 Å². The lowest BCUT2D eigenvalue weighted by Crippen LogP contribution is -2.15. The van der Waals surface area contributed by atoms with Crippen LogP contribution in [0.25, 0.3) is 0 Å². The van der Waals surface area contributed by atoms with Gasteiger partial charge in [-0.2, -0.15) is 0 Å². The van der Waals surface area contributed by atoms with E-state index in [0.717, 1.165) is 23.5 Å². The normalized spacial score (nSPS) is 10.2. The largest absolute Gasteiger partial charge is 0.472 e. The summed E-state index contributed by atoms with van der Waals surface area (Å²) in [6, 6.07) is 9.79. The fourth-order valence-corrected chi connectivity index (χ4v) is 1.48. The van der Waals surface area contributed by atoms with Gasteiger partial charge in [-0.15, -0.1) is 0 Å². The Kier molecular flexibility index (Phi) is 2.63. The molecule has 0 unspecified atom stereocenters. The van der Waals surface area contributed by atoms with Crippen molar-refractivity contribution >= 4 is 11.4 Å². The summed E-state index contributed by atoms with van der Waals surface area (Å²) in [5.41, 5.74) is 8.72. The summed E-state index contributed by atoms with van der Waals surface area (Å²) in [6.07, 6.45) is 3.44. The third-order valence-corrected chi connectivity index (χ3v) is 2.33. The molecule has 3 heteroatoms. The van der Waals surface area contributed by atoms with E-state index in [2.05, 4.69) is 4.90 Å². The van der Waals surface area contributed by atoms with Crippen molar-refractivity contribution in [3.05, 3.63) is 48.4 Å². The molecule has 0 fully saturated rings. The molecule has 3 nitrogen and oxygen atoms in total. The van der Waals surface area contributed by atoms with E-state index in [-0.39, 0.29) is 0 Å². The second-order valence-electron chi connectivity index (χ2n) is 3.58. The first-order valence-electron chi connectivity index (χ1n) is 4.83. The molecule has 1 aromatic carbocycles. The molecule has 0 bridgehead atoms.